The van der Waals surface area contributed by atoms with Gasteiger partial charge in [0, 0.05) is 5.56 Å². The van der Waals surface area contributed by atoms with E-state index in [4.69, 9.17) is 9.47 Å². The Morgan fingerprint density at radius 2 is 1.65 bits per heavy atom. The van der Waals surface area contributed by atoms with Crippen LogP contribution in [0.5, 0.6) is 5.75 Å². The van der Waals surface area contributed by atoms with Gasteiger partial charge in [-0.15, -0.1) is 0 Å². The minimum absolute atomic E-state index is 0.149. The van der Waals surface area contributed by atoms with Crippen molar-refractivity contribution in [1.82, 2.24) is 5.32 Å². The van der Waals surface area contributed by atoms with Crippen LogP contribution in [0, 0.1) is 0 Å². The van der Waals surface area contributed by atoms with Gasteiger partial charge in [0.05, 0.1) is 13.2 Å². The third-order valence-corrected chi connectivity index (χ3v) is 3.71. The van der Waals surface area contributed by atoms with Gasteiger partial charge in [0.15, 0.2) is 6.04 Å². The Morgan fingerprint density at radius 1 is 1.00 bits per heavy atom. The Hall–Kier alpha value is -2.86. The predicted octanol–water partition coefficient (Wildman–Crippen LogP) is 2.48. The highest BCUT2D eigenvalue weighted by molar-refractivity contribution is 5.97. The molecule has 26 heavy (non-hydrogen) atoms. The quantitative estimate of drug-likeness (QED) is 0.709. The monoisotopic (exact) mass is 357 g/mol. The molecule has 0 bridgehead atoms. The molecular formula is C20H23NO5. The number of carbonyl (C=O) groups excluding carboxylic acids is 2. The lowest BCUT2D eigenvalue weighted by atomic mass is 10.0. The number of hydrogen-bond acceptors (Lipinski definition) is 5. The molecular weight excluding hydrogens is 334 g/mol. The SMILES string of the molecule is CCOC(=O)C(NC(=O)c1ccc(OCC)cc1)C(O)c1ccccc1. The molecule has 0 aliphatic heterocycles. The summed E-state index contributed by atoms with van der Waals surface area (Å²) < 4.78 is 10.3. The zero-order valence-electron chi connectivity index (χ0n) is 14.8. The molecule has 0 fully saturated rings. The lowest BCUT2D eigenvalue weighted by Crippen LogP contribution is -2.46. The van der Waals surface area contributed by atoms with Crippen molar-refractivity contribution in [3.8, 4) is 5.75 Å². The fourth-order valence-corrected chi connectivity index (χ4v) is 2.44. The summed E-state index contributed by atoms with van der Waals surface area (Å²) in [6, 6.07) is 14.0. The van der Waals surface area contributed by atoms with Crippen molar-refractivity contribution < 1.29 is 24.2 Å². The highest BCUT2D eigenvalue weighted by Crippen LogP contribution is 2.19. The molecule has 0 aromatic heterocycles. The van der Waals surface area contributed by atoms with Crippen LogP contribution in [0.4, 0.5) is 0 Å². The number of carbonyl (C=O) groups is 2. The number of aliphatic hydroxyl groups is 1. The summed E-state index contributed by atoms with van der Waals surface area (Å²) >= 11 is 0. The Balaban J connectivity index is 2.17. The van der Waals surface area contributed by atoms with Crippen LogP contribution in [-0.4, -0.2) is 36.2 Å². The van der Waals surface area contributed by atoms with E-state index in [1.54, 1.807) is 61.5 Å². The lowest BCUT2D eigenvalue weighted by molar-refractivity contribution is -0.148. The maximum atomic E-state index is 12.5. The Labute approximate surface area is 152 Å². The zero-order chi connectivity index (χ0) is 18.9. The highest BCUT2D eigenvalue weighted by Gasteiger charge is 2.31. The van der Waals surface area contributed by atoms with Crippen LogP contribution >= 0.6 is 0 Å². The van der Waals surface area contributed by atoms with Crippen LogP contribution in [0.3, 0.4) is 0 Å². The molecule has 0 aliphatic rings. The van der Waals surface area contributed by atoms with Crippen LogP contribution in [0.2, 0.25) is 0 Å². The maximum Gasteiger partial charge on any atom is 0.331 e. The fourth-order valence-electron chi connectivity index (χ4n) is 2.44. The summed E-state index contributed by atoms with van der Waals surface area (Å²) in [4.78, 5) is 24.7. The molecule has 6 heteroatoms. The first-order valence-corrected chi connectivity index (χ1v) is 8.50. The Bertz CT molecular complexity index is 715. The molecule has 0 saturated heterocycles. The van der Waals surface area contributed by atoms with Crippen molar-refractivity contribution in [3.05, 3.63) is 65.7 Å². The molecule has 0 spiro atoms. The van der Waals surface area contributed by atoms with E-state index in [0.717, 1.165) is 0 Å². The number of amides is 1. The zero-order valence-corrected chi connectivity index (χ0v) is 14.8. The van der Waals surface area contributed by atoms with Crippen LogP contribution in [0.15, 0.2) is 54.6 Å². The second-order valence-electron chi connectivity index (χ2n) is 5.52. The second kappa shape index (κ2) is 9.58. The van der Waals surface area contributed by atoms with E-state index < -0.39 is 24.0 Å². The van der Waals surface area contributed by atoms with Crippen molar-refractivity contribution in [2.75, 3.05) is 13.2 Å². The molecule has 2 aromatic carbocycles. The van der Waals surface area contributed by atoms with Crippen LogP contribution in [0.1, 0.15) is 35.9 Å². The number of rotatable bonds is 8. The van der Waals surface area contributed by atoms with E-state index in [-0.39, 0.29) is 6.61 Å². The van der Waals surface area contributed by atoms with E-state index in [2.05, 4.69) is 5.32 Å². The molecule has 2 atom stereocenters. The average Bonchev–Trinajstić information content (AvgIpc) is 2.67. The van der Waals surface area contributed by atoms with Gasteiger partial charge in [0.2, 0.25) is 0 Å². The molecule has 1 amide bonds. The summed E-state index contributed by atoms with van der Waals surface area (Å²) in [6.07, 6.45) is -1.22. The predicted molar refractivity (Wildman–Crippen MR) is 96.9 cm³/mol. The van der Waals surface area contributed by atoms with Crippen molar-refractivity contribution in [3.63, 3.8) is 0 Å². The van der Waals surface area contributed by atoms with Gasteiger partial charge >= 0.3 is 5.97 Å². The third kappa shape index (κ3) is 5.07. The van der Waals surface area contributed by atoms with Crippen molar-refractivity contribution in [1.29, 1.82) is 0 Å². The minimum atomic E-state index is -1.22. The van der Waals surface area contributed by atoms with E-state index in [0.29, 0.717) is 23.5 Å². The van der Waals surface area contributed by atoms with Gasteiger partial charge in [-0.3, -0.25) is 4.79 Å². The van der Waals surface area contributed by atoms with Gasteiger partial charge in [0.25, 0.3) is 5.91 Å². The lowest BCUT2D eigenvalue weighted by Gasteiger charge is -2.23. The Kier molecular flexibility index (Phi) is 7.17. The standard InChI is InChI=1S/C20H23NO5/c1-3-25-16-12-10-15(11-13-16)19(23)21-17(20(24)26-4-2)18(22)14-8-6-5-7-9-14/h5-13,17-18,22H,3-4H2,1-2H3,(H,21,23). The molecule has 2 rings (SSSR count). The van der Waals surface area contributed by atoms with Gasteiger partial charge in [-0.2, -0.15) is 0 Å². The average molecular weight is 357 g/mol. The van der Waals surface area contributed by atoms with Crippen LogP contribution in [-0.2, 0) is 9.53 Å². The van der Waals surface area contributed by atoms with E-state index >= 15 is 0 Å². The van der Waals surface area contributed by atoms with Gasteiger partial charge in [-0.1, -0.05) is 30.3 Å². The molecule has 0 saturated carbocycles. The number of aliphatic hydroxyl groups excluding tert-OH is 1. The molecule has 138 valence electrons. The molecule has 0 aliphatic carbocycles. The summed E-state index contributed by atoms with van der Waals surface area (Å²) in [5.74, 6) is -0.528. The van der Waals surface area contributed by atoms with Crippen LogP contribution < -0.4 is 10.1 Å². The first-order valence-electron chi connectivity index (χ1n) is 8.50. The first-order chi connectivity index (χ1) is 12.6. The smallest absolute Gasteiger partial charge is 0.331 e. The molecule has 2 unspecified atom stereocenters. The largest absolute Gasteiger partial charge is 0.494 e. The van der Waals surface area contributed by atoms with Gasteiger partial charge in [-0.25, -0.2) is 4.79 Å². The molecule has 6 nitrogen and oxygen atoms in total. The van der Waals surface area contributed by atoms with Crippen molar-refractivity contribution >= 4 is 11.9 Å². The fraction of sp³-hybridized carbons (Fsp3) is 0.300. The summed E-state index contributed by atoms with van der Waals surface area (Å²) in [7, 11) is 0. The molecule has 0 radical (unpaired) electrons. The van der Waals surface area contributed by atoms with Crippen molar-refractivity contribution in [2.24, 2.45) is 0 Å². The molecule has 2 aromatic rings. The van der Waals surface area contributed by atoms with E-state index in [9.17, 15) is 14.7 Å². The number of nitrogens with one attached hydrogen (secondary N) is 1. The van der Waals surface area contributed by atoms with Gasteiger partial charge < -0.3 is 19.9 Å². The third-order valence-electron chi connectivity index (χ3n) is 3.71. The highest BCUT2D eigenvalue weighted by atomic mass is 16.5. The first kappa shape index (κ1) is 19.5. The van der Waals surface area contributed by atoms with E-state index in [1.165, 1.54) is 0 Å². The second-order valence-corrected chi connectivity index (χ2v) is 5.52. The maximum absolute atomic E-state index is 12.5. The van der Waals surface area contributed by atoms with Gasteiger partial charge in [-0.05, 0) is 43.7 Å². The summed E-state index contributed by atoms with van der Waals surface area (Å²) in [6.45, 7) is 4.21. The van der Waals surface area contributed by atoms with Gasteiger partial charge in [0.1, 0.15) is 11.9 Å². The number of esters is 1. The summed E-state index contributed by atoms with van der Waals surface area (Å²) in [5.41, 5.74) is 0.862. The van der Waals surface area contributed by atoms with Crippen LogP contribution in [0.25, 0.3) is 0 Å². The minimum Gasteiger partial charge on any atom is -0.494 e. The topological polar surface area (TPSA) is 84.9 Å². The number of hydrogen-bond donors (Lipinski definition) is 2. The molecule has 2 N–H and O–H groups in total. The Morgan fingerprint density at radius 3 is 2.23 bits per heavy atom. The molecule has 0 heterocycles. The van der Waals surface area contributed by atoms with Crippen molar-refractivity contribution in [2.45, 2.75) is 26.0 Å². The number of benzene rings is 2. The number of ether oxygens (including phenoxy) is 2. The normalized spacial score (nSPS) is 12.7. The van der Waals surface area contributed by atoms with E-state index in [1.807, 2.05) is 6.92 Å². The summed E-state index contributed by atoms with van der Waals surface area (Å²) in [5, 5.41) is 13.1.